The highest BCUT2D eigenvalue weighted by Crippen LogP contribution is 1.97. The van der Waals surface area contributed by atoms with Crippen LogP contribution in [-0.4, -0.2) is 17.6 Å². The Labute approximate surface area is 89.4 Å². The van der Waals surface area contributed by atoms with Crippen LogP contribution in [0, 0.1) is 0 Å². The lowest BCUT2D eigenvalue weighted by molar-refractivity contribution is -0.132. The number of rotatable bonds is 5. The molecular formula is C12H15NO2. The van der Waals surface area contributed by atoms with Crippen LogP contribution in [-0.2, 0) is 11.3 Å². The van der Waals surface area contributed by atoms with Gasteiger partial charge in [0.15, 0.2) is 0 Å². The molecule has 0 unspecified atom stereocenters. The van der Waals surface area contributed by atoms with E-state index in [1.807, 2.05) is 30.3 Å². The summed E-state index contributed by atoms with van der Waals surface area (Å²) in [5.41, 5.74) is 1.56. The lowest BCUT2D eigenvalue weighted by atomic mass is 10.2. The highest BCUT2D eigenvalue weighted by molar-refractivity contribution is 5.85. The van der Waals surface area contributed by atoms with E-state index >= 15 is 0 Å². The third-order valence-electron chi connectivity index (χ3n) is 2.06. The molecule has 1 rings (SSSR count). The van der Waals surface area contributed by atoms with Gasteiger partial charge in [0.25, 0.3) is 0 Å². The fourth-order valence-corrected chi connectivity index (χ4v) is 1.12. The summed E-state index contributed by atoms with van der Waals surface area (Å²) in [6.07, 6.45) is 1.67. The fourth-order valence-electron chi connectivity index (χ4n) is 1.12. The number of hydrogen-bond acceptors (Lipinski definition) is 2. The standard InChI is InChI=1S/C12H15NO2/c1-10(12(14)15)7-8-13-9-11-5-3-2-4-6-11/h2-7,13H,8-9H2,1H3,(H,14,15). The highest BCUT2D eigenvalue weighted by Gasteiger charge is 1.97. The molecule has 0 bridgehead atoms. The highest BCUT2D eigenvalue weighted by atomic mass is 16.4. The number of carbonyl (C=O) groups is 1. The maximum atomic E-state index is 10.5. The Hall–Kier alpha value is -1.61. The van der Waals surface area contributed by atoms with Gasteiger partial charge in [-0.3, -0.25) is 0 Å². The lowest BCUT2D eigenvalue weighted by Gasteiger charge is -2.01. The minimum absolute atomic E-state index is 0.371. The molecule has 0 fully saturated rings. The first-order valence-electron chi connectivity index (χ1n) is 4.85. The van der Waals surface area contributed by atoms with Crippen molar-refractivity contribution >= 4 is 5.97 Å². The van der Waals surface area contributed by atoms with E-state index in [0.717, 1.165) is 6.54 Å². The van der Waals surface area contributed by atoms with Crippen molar-refractivity contribution in [1.82, 2.24) is 5.32 Å². The van der Waals surface area contributed by atoms with E-state index in [1.165, 1.54) is 5.56 Å². The van der Waals surface area contributed by atoms with Crippen molar-refractivity contribution in [2.45, 2.75) is 13.5 Å². The zero-order chi connectivity index (χ0) is 11.1. The first-order chi connectivity index (χ1) is 7.20. The predicted octanol–water partition coefficient (Wildman–Crippen LogP) is 1.81. The van der Waals surface area contributed by atoms with Gasteiger partial charge in [-0.15, -0.1) is 0 Å². The molecule has 0 aliphatic heterocycles. The van der Waals surface area contributed by atoms with Crippen LogP contribution >= 0.6 is 0 Å². The quantitative estimate of drug-likeness (QED) is 0.569. The van der Waals surface area contributed by atoms with Gasteiger partial charge in [-0.1, -0.05) is 36.4 Å². The Morgan fingerprint density at radius 2 is 2.07 bits per heavy atom. The molecule has 0 heterocycles. The summed E-state index contributed by atoms with van der Waals surface area (Å²) in [6.45, 7) is 2.92. The van der Waals surface area contributed by atoms with Crippen LogP contribution in [0.3, 0.4) is 0 Å². The summed E-state index contributed by atoms with van der Waals surface area (Å²) in [4.78, 5) is 10.5. The first-order valence-corrected chi connectivity index (χ1v) is 4.85. The van der Waals surface area contributed by atoms with Gasteiger partial charge in [-0.2, -0.15) is 0 Å². The van der Waals surface area contributed by atoms with Crippen LogP contribution in [0.4, 0.5) is 0 Å². The molecule has 0 aliphatic rings. The van der Waals surface area contributed by atoms with Crippen molar-refractivity contribution in [3.63, 3.8) is 0 Å². The molecule has 0 amide bonds. The van der Waals surface area contributed by atoms with Crippen molar-refractivity contribution in [3.05, 3.63) is 47.5 Å². The molecule has 15 heavy (non-hydrogen) atoms. The third kappa shape index (κ3) is 4.42. The number of hydrogen-bond donors (Lipinski definition) is 2. The van der Waals surface area contributed by atoms with E-state index in [9.17, 15) is 4.79 Å². The van der Waals surface area contributed by atoms with Gasteiger partial charge in [0.2, 0.25) is 0 Å². The van der Waals surface area contributed by atoms with Gasteiger partial charge in [0.05, 0.1) is 0 Å². The molecule has 0 saturated carbocycles. The van der Waals surface area contributed by atoms with Crippen molar-refractivity contribution in [3.8, 4) is 0 Å². The molecule has 1 aromatic carbocycles. The van der Waals surface area contributed by atoms with E-state index in [1.54, 1.807) is 13.0 Å². The molecule has 0 atom stereocenters. The Morgan fingerprint density at radius 1 is 1.40 bits per heavy atom. The van der Waals surface area contributed by atoms with Crippen LogP contribution in [0.5, 0.6) is 0 Å². The first kappa shape index (κ1) is 11.5. The van der Waals surface area contributed by atoms with Crippen LogP contribution in [0.2, 0.25) is 0 Å². The Morgan fingerprint density at radius 3 is 2.67 bits per heavy atom. The SMILES string of the molecule is CC(=CCNCc1ccccc1)C(=O)O. The molecule has 3 heteroatoms. The maximum absolute atomic E-state index is 10.5. The molecule has 0 radical (unpaired) electrons. The second-order valence-electron chi connectivity index (χ2n) is 3.31. The molecule has 1 aromatic rings. The zero-order valence-corrected chi connectivity index (χ0v) is 8.73. The second kappa shape index (κ2) is 5.98. The van der Waals surface area contributed by atoms with Crippen molar-refractivity contribution in [2.75, 3.05) is 6.54 Å². The number of nitrogens with one attached hydrogen (secondary N) is 1. The minimum Gasteiger partial charge on any atom is -0.478 e. The Bertz CT molecular complexity index is 344. The summed E-state index contributed by atoms with van der Waals surface area (Å²) < 4.78 is 0. The third-order valence-corrected chi connectivity index (χ3v) is 2.06. The van der Waals surface area contributed by atoms with Crippen molar-refractivity contribution in [2.24, 2.45) is 0 Å². The van der Waals surface area contributed by atoms with Gasteiger partial charge in [0.1, 0.15) is 0 Å². The normalized spacial score (nSPS) is 11.4. The van der Waals surface area contributed by atoms with Crippen LogP contribution in [0.15, 0.2) is 42.0 Å². The minimum atomic E-state index is -0.864. The second-order valence-corrected chi connectivity index (χ2v) is 3.31. The zero-order valence-electron chi connectivity index (χ0n) is 8.73. The molecule has 0 aliphatic carbocycles. The van der Waals surface area contributed by atoms with Gasteiger partial charge in [-0.25, -0.2) is 4.79 Å². The Balaban J connectivity index is 2.29. The average molecular weight is 205 g/mol. The number of aliphatic carboxylic acids is 1. The van der Waals surface area contributed by atoms with Gasteiger partial charge in [0, 0.05) is 18.7 Å². The number of carboxylic acids is 1. The molecule has 0 spiro atoms. The predicted molar refractivity (Wildman–Crippen MR) is 59.5 cm³/mol. The van der Waals surface area contributed by atoms with Crippen LogP contribution in [0.1, 0.15) is 12.5 Å². The molecule has 0 aromatic heterocycles. The topological polar surface area (TPSA) is 49.3 Å². The van der Waals surface area contributed by atoms with E-state index in [2.05, 4.69) is 5.32 Å². The Kier molecular flexibility index (Phi) is 4.57. The molecular weight excluding hydrogens is 190 g/mol. The number of benzene rings is 1. The molecule has 0 saturated heterocycles. The molecule has 2 N–H and O–H groups in total. The van der Waals surface area contributed by atoms with Crippen molar-refractivity contribution in [1.29, 1.82) is 0 Å². The van der Waals surface area contributed by atoms with E-state index in [0.29, 0.717) is 12.1 Å². The van der Waals surface area contributed by atoms with E-state index in [4.69, 9.17) is 5.11 Å². The molecule has 80 valence electrons. The summed E-state index contributed by atoms with van der Waals surface area (Å²) in [6, 6.07) is 9.99. The van der Waals surface area contributed by atoms with E-state index < -0.39 is 5.97 Å². The van der Waals surface area contributed by atoms with E-state index in [-0.39, 0.29) is 0 Å². The smallest absolute Gasteiger partial charge is 0.330 e. The van der Waals surface area contributed by atoms with Crippen LogP contribution < -0.4 is 5.32 Å². The average Bonchev–Trinajstić information content (AvgIpc) is 2.25. The largest absolute Gasteiger partial charge is 0.478 e. The summed E-state index contributed by atoms with van der Waals surface area (Å²) in [7, 11) is 0. The monoisotopic (exact) mass is 205 g/mol. The molecule has 3 nitrogen and oxygen atoms in total. The van der Waals surface area contributed by atoms with Gasteiger partial charge in [-0.05, 0) is 12.5 Å². The maximum Gasteiger partial charge on any atom is 0.330 e. The van der Waals surface area contributed by atoms with Crippen LogP contribution in [0.25, 0.3) is 0 Å². The lowest BCUT2D eigenvalue weighted by Crippen LogP contribution is -2.14. The van der Waals surface area contributed by atoms with Crippen molar-refractivity contribution < 1.29 is 9.90 Å². The summed E-state index contributed by atoms with van der Waals surface area (Å²) >= 11 is 0. The van der Waals surface area contributed by atoms with Gasteiger partial charge < -0.3 is 10.4 Å². The summed E-state index contributed by atoms with van der Waals surface area (Å²) in [5.74, 6) is -0.864. The summed E-state index contributed by atoms with van der Waals surface area (Å²) in [5, 5.41) is 11.8. The fraction of sp³-hybridized carbons (Fsp3) is 0.250. The van der Waals surface area contributed by atoms with Gasteiger partial charge >= 0.3 is 5.97 Å². The number of carboxylic acid groups (broad SMARTS) is 1.